The van der Waals surface area contributed by atoms with Crippen LogP contribution in [0.3, 0.4) is 0 Å². The van der Waals surface area contributed by atoms with Gasteiger partial charge in [0.05, 0.1) is 12.0 Å². The van der Waals surface area contributed by atoms with Gasteiger partial charge in [-0.1, -0.05) is 17.7 Å². The largest absolute Gasteiger partial charge is 0.459 e. The Bertz CT molecular complexity index is 671. The second-order valence-electron chi connectivity index (χ2n) is 5.78. The van der Waals surface area contributed by atoms with Crippen molar-refractivity contribution in [2.75, 3.05) is 18.0 Å². The maximum Gasteiger partial charge on any atom is 0.331 e. The molecule has 2 aromatic rings. The van der Waals surface area contributed by atoms with E-state index in [1.54, 1.807) is 29.2 Å². The molecular formula is C18H20N2O3. The smallest absolute Gasteiger partial charge is 0.331 e. The van der Waals surface area contributed by atoms with Gasteiger partial charge in [0.15, 0.2) is 5.76 Å². The average molecular weight is 312 g/mol. The third-order valence-electron chi connectivity index (χ3n) is 4.05. The number of nitrogens with zero attached hydrogens (tertiary/aromatic N) is 2. The van der Waals surface area contributed by atoms with Gasteiger partial charge in [-0.25, -0.2) is 9.69 Å². The summed E-state index contributed by atoms with van der Waals surface area (Å²) in [4.78, 5) is 28.6. The van der Waals surface area contributed by atoms with Crippen molar-refractivity contribution < 1.29 is 14.0 Å². The second-order valence-corrected chi connectivity index (χ2v) is 5.78. The zero-order valence-electron chi connectivity index (χ0n) is 13.2. The first-order valence-electron chi connectivity index (χ1n) is 7.90. The third kappa shape index (κ3) is 3.28. The molecule has 2 heterocycles. The lowest BCUT2D eigenvalue weighted by atomic mass is 10.1. The maximum absolute atomic E-state index is 12.9. The number of urea groups is 1. The summed E-state index contributed by atoms with van der Waals surface area (Å²) >= 11 is 0. The first kappa shape index (κ1) is 15.3. The number of benzene rings is 1. The van der Waals surface area contributed by atoms with Crippen LogP contribution in [-0.4, -0.2) is 29.9 Å². The molecule has 3 rings (SSSR count). The van der Waals surface area contributed by atoms with Gasteiger partial charge in [0.2, 0.25) is 0 Å². The highest BCUT2D eigenvalue weighted by atomic mass is 16.3. The number of likely N-dealkylation sites (tertiary alicyclic amines) is 1. The van der Waals surface area contributed by atoms with E-state index in [9.17, 15) is 9.59 Å². The number of hydrogen-bond acceptors (Lipinski definition) is 3. The van der Waals surface area contributed by atoms with Crippen molar-refractivity contribution in [1.82, 2.24) is 4.90 Å². The van der Waals surface area contributed by atoms with Crippen molar-refractivity contribution in [1.29, 1.82) is 0 Å². The van der Waals surface area contributed by atoms with Crippen LogP contribution in [-0.2, 0) is 0 Å². The van der Waals surface area contributed by atoms with Crippen LogP contribution in [0.2, 0.25) is 0 Å². The highest BCUT2D eigenvalue weighted by Gasteiger charge is 2.31. The monoisotopic (exact) mass is 312 g/mol. The molecule has 5 heteroatoms. The molecule has 1 aromatic heterocycles. The molecule has 1 fully saturated rings. The predicted octanol–water partition coefficient (Wildman–Crippen LogP) is 3.84. The molecule has 5 nitrogen and oxygen atoms in total. The molecule has 1 aliphatic heterocycles. The van der Waals surface area contributed by atoms with Crippen LogP contribution >= 0.6 is 0 Å². The van der Waals surface area contributed by atoms with Crippen LogP contribution in [0.1, 0.15) is 35.4 Å². The number of carbonyl (C=O) groups is 2. The SMILES string of the molecule is Cc1ccc(N(C(=O)c2ccco2)C(=O)N2CCCCC2)cc1. The van der Waals surface area contributed by atoms with Crippen LogP contribution in [0, 0.1) is 6.92 Å². The summed E-state index contributed by atoms with van der Waals surface area (Å²) in [7, 11) is 0. The Morgan fingerprint density at radius 2 is 1.74 bits per heavy atom. The van der Waals surface area contributed by atoms with Crippen LogP contribution in [0.5, 0.6) is 0 Å². The van der Waals surface area contributed by atoms with E-state index in [-0.39, 0.29) is 11.8 Å². The second kappa shape index (κ2) is 6.69. The lowest BCUT2D eigenvalue weighted by Gasteiger charge is -2.31. The Balaban J connectivity index is 1.93. The molecule has 0 saturated carbocycles. The number of aryl methyl sites for hydroxylation is 1. The minimum Gasteiger partial charge on any atom is -0.459 e. The van der Waals surface area contributed by atoms with Gasteiger partial charge in [-0.15, -0.1) is 0 Å². The number of anilines is 1. The molecule has 0 aliphatic carbocycles. The minimum absolute atomic E-state index is 0.163. The van der Waals surface area contributed by atoms with E-state index >= 15 is 0 Å². The van der Waals surface area contributed by atoms with Crippen molar-refractivity contribution >= 4 is 17.6 Å². The minimum atomic E-state index is -0.436. The van der Waals surface area contributed by atoms with Crippen molar-refractivity contribution in [2.24, 2.45) is 0 Å². The molecule has 0 radical (unpaired) electrons. The van der Waals surface area contributed by atoms with Crippen molar-refractivity contribution in [3.63, 3.8) is 0 Å². The van der Waals surface area contributed by atoms with Crippen molar-refractivity contribution in [3.8, 4) is 0 Å². The van der Waals surface area contributed by atoms with Crippen LogP contribution in [0.15, 0.2) is 47.1 Å². The van der Waals surface area contributed by atoms with E-state index < -0.39 is 5.91 Å². The van der Waals surface area contributed by atoms with E-state index in [1.165, 1.54) is 11.2 Å². The first-order valence-corrected chi connectivity index (χ1v) is 7.90. The third-order valence-corrected chi connectivity index (χ3v) is 4.05. The van der Waals surface area contributed by atoms with Gasteiger partial charge >= 0.3 is 11.9 Å². The van der Waals surface area contributed by atoms with Gasteiger partial charge in [0.25, 0.3) is 0 Å². The number of carbonyl (C=O) groups excluding carboxylic acids is 2. The van der Waals surface area contributed by atoms with Gasteiger partial charge in [-0.05, 0) is 50.5 Å². The Kier molecular flexibility index (Phi) is 4.46. The Hall–Kier alpha value is -2.56. The number of imide groups is 1. The number of amides is 3. The summed E-state index contributed by atoms with van der Waals surface area (Å²) < 4.78 is 5.20. The van der Waals surface area contributed by atoms with Gasteiger partial charge in [-0.2, -0.15) is 0 Å². The zero-order chi connectivity index (χ0) is 16.2. The van der Waals surface area contributed by atoms with Crippen molar-refractivity contribution in [2.45, 2.75) is 26.2 Å². The Labute approximate surface area is 135 Å². The van der Waals surface area contributed by atoms with Crippen molar-refractivity contribution in [3.05, 3.63) is 54.0 Å². The number of rotatable bonds is 2. The van der Waals surface area contributed by atoms with E-state index in [4.69, 9.17) is 4.42 Å². The molecule has 1 saturated heterocycles. The summed E-state index contributed by atoms with van der Waals surface area (Å²) in [6.45, 7) is 3.34. The van der Waals surface area contributed by atoms with Gasteiger partial charge < -0.3 is 9.32 Å². The topological polar surface area (TPSA) is 53.8 Å². The molecular weight excluding hydrogens is 292 g/mol. The summed E-state index contributed by atoms with van der Waals surface area (Å²) in [6.07, 6.45) is 4.51. The molecule has 1 aliphatic rings. The summed E-state index contributed by atoms with van der Waals surface area (Å²) in [5.74, 6) is -0.273. The summed E-state index contributed by atoms with van der Waals surface area (Å²) in [5.41, 5.74) is 1.64. The highest BCUT2D eigenvalue weighted by Crippen LogP contribution is 2.22. The summed E-state index contributed by atoms with van der Waals surface area (Å²) in [6, 6.07) is 10.3. The molecule has 0 bridgehead atoms. The van der Waals surface area contributed by atoms with Gasteiger partial charge in [0, 0.05) is 13.1 Å². The lowest BCUT2D eigenvalue weighted by Crippen LogP contribution is -2.48. The molecule has 0 unspecified atom stereocenters. The van der Waals surface area contributed by atoms with Crippen LogP contribution in [0.4, 0.5) is 10.5 Å². The van der Waals surface area contributed by atoms with Crippen LogP contribution in [0.25, 0.3) is 0 Å². The summed E-state index contributed by atoms with van der Waals surface area (Å²) in [5, 5.41) is 0. The van der Waals surface area contributed by atoms with E-state index in [0.29, 0.717) is 18.8 Å². The Morgan fingerprint density at radius 1 is 1.04 bits per heavy atom. The van der Waals surface area contributed by atoms with E-state index in [0.717, 1.165) is 24.8 Å². The number of piperidine rings is 1. The maximum atomic E-state index is 12.9. The fourth-order valence-electron chi connectivity index (χ4n) is 2.75. The Morgan fingerprint density at radius 3 is 2.35 bits per heavy atom. The van der Waals surface area contributed by atoms with Gasteiger partial charge in [-0.3, -0.25) is 4.79 Å². The van der Waals surface area contributed by atoms with Gasteiger partial charge in [0.1, 0.15) is 0 Å². The van der Waals surface area contributed by atoms with E-state index in [2.05, 4.69) is 0 Å². The molecule has 0 atom stereocenters. The number of hydrogen-bond donors (Lipinski definition) is 0. The standard InChI is InChI=1S/C18H20N2O3/c1-14-7-9-15(10-8-14)20(17(21)16-6-5-13-23-16)18(22)19-11-3-2-4-12-19/h5-10,13H,2-4,11-12H2,1H3. The molecule has 23 heavy (non-hydrogen) atoms. The molecule has 1 aromatic carbocycles. The molecule has 0 N–H and O–H groups in total. The number of furan rings is 1. The molecule has 3 amide bonds. The first-order chi connectivity index (χ1) is 11.2. The molecule has 120 valence electrons. The fraction of sp³-hybridized carbons (Fsp3) is 0.333. The zero-order valence-corrected chi connectivity index (χ0v) is 13.2. The fourth-order valence-corrected chi connectivity index (χ4v) is 2.75. The quantitative estimate of drug-likeness (QED) is 0.846. The molecule has 0 spiro atoms. The average Bonchev–Trinajstić information content (AvgIpc) is 3.12. The van der Waals surface area contributed by atoms with Crippen LogP contribution < -0.4 is 4.90 Å². The predicted molar refractivity (Wildman–Crippen MR) is 87.5 cm³/mol. The van der Waals surface area contributed by atoms with E-state index in [1.807, 2.05) is 19.1 Å². The normalized spacial score (nSPS) is 14.6. The lowest BCUT2D eigenvalue weighted by molar-refractivity contribution is 0.0957. The highest BCUT2D eigenvalue weighted by molar-refractivity contribution is 6.19.